The molecule has 13 heavy (non-hydrogen) atoms. The van der Waals surface area contributed by atoms with Crippen molar-refractivity contribution in [2.75, 3.05) is 17.6 Å². The van der Waals surface area contributed by atoms with E-state index < -0.39 is 13.0 Å². The number of alkyl halides is 2. The number of nitrogen functional groups attached to an aromatic ring is 1. The number of halogens is 3. The highest BCUT2D eigenvalue weighted by Crippen LogP contribution is 2.22. The van der Waals surface area contributed by atoms with Crippen molar-refractivity contribution >= 4 is 23.2 Å². The second-order valence-electron chi connectivity index (χ2n) is 2.19. The van der Waals surface area contributed by atoms with E-state index in [2.05, 4.69) is 15.3 Å². The molecule has 0 spiro atoms. The summed E-state index contributed by atoms with van der Waals surface area (Å²) in [6, 6.07) is 0. The van der Waals surface area contributed by atoms with Crippen LogP contribution < -0.4 is 11.1 Å². The number of nitrogens with two attached hydrogens (primary N) is 1. The Balaban J connectivity index is 2.71. The van der Waals surface area contributed by atoms with Crippen molar-refractivity contribution in [3.05, 3.63) is 11.3 Å². The van der Waals surface area contributed by atoms with Crippen LogP contribution in [0.5, 0.6) is 0 Å². The zero-order chi connectivity index (χ0) is 9.84. The summed E-state index contributed by atoms with van der Waals surface area (Å²) in [5.41, 5.74) is 5.32. The molecule has 0 aromatic carbocycles. The molecule has 7 heteroatoms. The summed E-state index contributed by atoms with van der Waals surface area (Å²) in [6.07, 6.45) is -1.32. The molecule has 0 fully saturated rings. The number of nitrogens with one attached hydrogen (secondary N) is 1. The van der Waals surface area contributed by atoms with Gasteiger partial charge in [0.25, 0.3) is 6.43 Å². The van der Waals surface area contributed by atoms with Crippen LogP contribution in [0.2, 0.25) is 5.02 Å². The van der Waals surface area contributed by atoms with Crippen molar-refractivity contribution in [2.45, 2.75) is 6.43 Å². The molecule has 0 aliphatic carbocycles. The molecule has 0 aliphatic rings. The highest BCUT2D eigenvalue weighted by Gasteiger charge is 2.08. The molecule has 0 saturated heterocycles. The number of hydrogen-bond donors (Lipinski definition) is 2. The maximum absolute atomic E-state index is 11.8. The molecular weight excluding hydrogens is 202 g/mol. The number of aromatic nitrogens is 2. The first-order valence-electron chi connectivity index (χ1n) is 3.39. The maximum atomic E-state index is 11.8. The van der Waals surface area contributed by atoms with Crippen LogP contribution in [-0.4, -0.2) is 22.9 Å². The lowest BCUT2D eigenvalue weighted by atomic mass is 10.5. The van der Waals surface area contributed by atoms with Gasteiger partial charge < -0.3 is 11.1 Å². The van der Waals surface area contributed by atoms with Crippen LogP contribution in [0.15, 0.2) is 6.33 Å². The Kier molecular flexibility index (Phi) is 3.18. The van der Waals surface area contributed by atoms with Crippen molar-refractivity contribution in [3.63, 3.8) is 0 Å². The number of hydrogen-bond acceptors (Lipinski definition) is 4. The summed E-state index contributed by atoms with van der Waals surface area (Å²) >= 11 is 5.62. The van der Waals surface area contributed by atoms with Crippen LogP contribution in [0.3, 0.4) is 0 Å². The molecule has 4 nitrogen and oxygen atoms in total. The van der Waals surface area contributed by atoms with E-state index in [0.717, 1.165) is 6.33 Å². The highest BCUT2D eigenvalue weighted by molar-refractivity contribution is 6.35. The lowest BCUT2D eigenvalue weighted by Gasteiger charge is -2.06. The van der Waals surface area contributed by atoms with E-state index in [0.29, 0.717) is 0 Å². The SMILES string of the molecule is Nc1ncnc(NCC(F)F)c1Cl. The molecule has 1 heterocycles. The second-order valence-corrected chi connectivity index (χ2v) is 2.57. The molecule has 0 bridgehead atoms. The summed E-state index contributed by atoms with van der Waals surface area (Å²) in [4.78, 5) is 7.22. The summed E-state index contributed by atoms with van der Waals surface area (Å²) in [5.74, 6) is 0.183. The average molecular weight is 209 g/mol. The summed E-state index contributed by atoms with van der Waals surface area (Å²) in [7, 11) is 0. The van der Waals surface area contributed by atoms with Gasteiger partial charge in [-0.1, -0.05) is 11.6 Å². The molecular formula is C6H7ClF2N4. The number of rotatable bonds is 3. The molecule has 0 saturated carbocycles. The van der Waals surface area contributed by atoms with Gasteiger partial charge in [0.1, 0.15) is 17.2 Å². The largest absolute Gasteiger partial charge is 0.382 e. The Bertz CT molecular complexity index is 294. The van der Waals surface area contributed by atoms with Crippen molar-refractivity contribution < 1.29 is 8.78 Å². The monoisotopic (exact) mass is 208 g/mol. The fourth-order valence-corrected chi connectivity index (χ4v) is 0.845. The first-order chi connectivity index (χ1) is 6.11. The molecule has 3 N–H and O–H groups in total. The van der Waals surface area contributed by atoms with E-state index in [9.17, 15) is 8.78 Å². The quantitative estimate of drug-likeness (QED) is 0.788. The second kappa shape index (κ2) is 4.18. The van der Waals surface area contributed by atoms with E-state index >= 15 is 0 Å². The van der Waals surface area contributed by atoms with Crippen LogP contribution >= 0.6 is 11.6 Å². The third kappa shape index (κ3) is 2.66. The standard InChI is InChI=1S/C6H7ClF2N4/c7-4-5(10)12-2-13-6(4)11-1-3(8)9/h2-3H,1H2,(H3,10,11,12,13). The van der Waals surface area contributed by atoms with E-state index in [-0.39, 0.29) is 16.7 Å². The molecule has 0 aliphatic heterocycles. The Labute approximate surface area is 78.1 Å². The third-order valence-corrected chi connectivity index (χ3v) is 1.61. The van der Waals surface area contributed by atoms with E-state index in [4.69, 9.17) is 17.3 Å². The lowest BCUT2D eigenvalue weighted by molar-refractivity contribution is 0.163. The Morgan fingerprint density at radius 1 is 1.54 bits per heavy atom. The minimum Gasteiger partial charge on any atom is -0.382 e. The first-order valence-corrected chi connectivity index (χ1v) is 3.77. The molecule has 1 rings (SSSR count). The van der Waals surface area contributed by atoms with E-state index in [1.165, 1.54) is 0 Å². The van der Waals surface area contributed by atoms with Crippen LogP contribution in [0.1, 0.15) is 0 Å². The predicted octanol–water partition coefficient (Wildman–Crippen LogP) is 1.39. The van der Waals surface area contributed by atoms with Gasteiger partial charge in [-0.05, 0) is 0 Å². The van der Waals surface area contributed by atoms with Gasteiger partial charge in [-0.3, -0.25) is 0 Å². The summed E-state index contributed by atoms with van der Waals surface area (Å²) < 4.78 is 23.5. The molecule has 0 radical (unpaired) electrons. The molecule has 1 aromatic heterocycles. The molecule has 0 unspecified atom stereocenters. The predicted molar refractivity (Wildman–Crippen MR) is 45.9 cm³/mol. The smallest absolute Gasteiger partial charge is 0.255 e. The van der Waals surface area contributed by atoms with Gasteiger partial charge in [-0.2, -0.15) is 0 Å². The summed E-state index contributed by atoms with van der Waals surface area (Å²) in [5, 5.41) is 2.40. The highest BCUT2D eigenvalue weighted by atomic mass is 35.5. The van der Waals surface area contributed by atoms with Crippen LogP contribution in [0, 0.1) is 0 Å². The van der Waals surface area contributed by atoms with Gasteiger partial charge in [0.15, 0.2) is 5.82 Å². The zero-order valence-electron chi connectivity index (χ0n) is 6.47. The Morgan fingerprint density at radius 3 is 2.85 bits per heavy atom. The van der Waals surface area contributed by atoms with E-state index in [1.807, 2.05) is 0 Å². The fourth-order valence-electron chi connectivity index (χ4n) is 0.681. The fraction of sp³-hybridized carbons (Fsp3) is 0.333. The lowest BCUT2D eigenvalue weighted by Crippen LogP contribution is -2.12. The summed E-state index contributed by atoms with van der Waals surface area (Å²) in [6.45, 7) is -0.518. The van der Waals surface area contributed by atoms with Crippen LogP contribution in [0.25, 0.3) is 0 Å². The van der Waals surface area contributed by atoms with Gasteiger partial charge in [-0.15, -0.1) is 0 Å². The molecule has 1 aromatic rings. The maximum Gasteiger partial charge on any atom is 0.255 e. The van der Waals surface area contributed by atoms with Gasteiger partial charge in [0.05, 0.1) is 6.54 Å². The minimum absolute atomic E-state index is 0.0585. The van der Waals surface area contributed by atoms with Gasteiger partial charge in [-0.25, -0.2) is 18.7 Å². The molecule has 0 atom stereocenters. The minimum atomic E-state index is -2.47. The zero-order valence-corrected chi connectivity index (χ0v) is 7.22. The van der Waals surface area contributed by atoms with Crippen molar-refractivity contribution in [2.24, 2.45) is 0 Å². The Morgan fingerprint density at radius 2 is 2.23 bits per heavy atom. The van der Waals surface area contributed by atoms with Crippen molar-refractivity contribution in [1.29, 1.82) is 0 Å². The van der Waals surface area contributed by atoms with Crippen LogP contribution in [-0.2, 0) is 0 Å². The topological polar surface area (TPSA) is 63.8 Å². The van der Waals surface area contributed by atoms with Gasteiger partial charge in [0.2, 0.25) is 0 Å². The van der Waals surface area contributed by atoms with Crippen molar-refractivity contribution in [3.8, 4) is 0 Å². The molecule has 0 amide bonds. The van der Waals surface area contributed by atoms with E-state index in [1.54, 1.807) is 0 Å². The normalized spacial score (nSPS) is 10.5. The van der Waals surface area contributed by atoms with Gasteiger partial charge in [0, 0.05) is 0 Å². The van der Waals surface area contributed by atoms with Crippen molar-refractivity contribution in [1.82, 2.24) is 9.97 Å². The number of anilines is 2. The van der Waals surface area contributed by atoms with Gasteiger partial charge >= 0.3 is 0 Å². The number of nitrogens with zero attached hydrogens (tertiary/aromatic N) is 2. The average Bonchev–Trinajstić information content (AvgIpc) is 2.07. The molecule has 72 valence electrons. The third-order valence-electron chi connectivity index (χ3n) is 1.24. The first kappa shape index (κ1) is 9.91. The van der Waals surface area contributed by atoms with Crippen LogP contribution in [0.4, 0.5) is 20.4 Å². The Hall–Kier alpha value is -1.17.